The van der Waals surface area contributed by atoms with Gasteiger partial charge in [-0.05, 0) is 27.2 Å². The number of carbonyl (C=O) groups is 2. The number of hydrogen-bond donors (Lipinski definition) is 3. The predicted molar refractivity (Wildman–Crippen MR) is 68.1 cm³/mol. The summed E-state index contributed by atoms with van der Waals surface area (Å²) in [6, 6.07) is -0.648. The van der Waals surface area contributed by atoms with Crippen LogP contribution in [0.5, 0.6) is 0 Å². The van der Waals surface area contributed by atoms with Crippen molar-refractivity contribution in [2.75, 3.05) is 7.05 Å². The quantitative estimate of drug-likeness (QED) is 0.682. The molecular weight excluding hydrogens is 236 g/mol. The van der Waals surface area contributed by atoms with Crippen LogP contribution in [0.1, 0.15) is 40.5 Å². The molecule has 0 rings (SSSR count). The lowest BCUT2D eigenvalue weighted by molar-refractivity contribution is -0.130. The van der Waals surface area contributed by atoms with E-state index in [2.05, 4.69) is 10.6 Å². The summed E-state index contributed by atoms with van der Waals surface area (Å²) in [6.07, 6.45) is -0.686. The lowest BCUT2D eigenvalue weighted by Crippen LogP contribution is -2.50. The van der Waals surface area contributed by atoms with E-state index in [1.165, 1.54) is 7.05 Å². The first-order valence-corrected chi connectivity index (χ1v) is 6.10. The number of ether oxygens (including phenoxy) is 1. The van der Waals surface area contributed by atoms with E-state index in [4.69, 9.17) is 4.74 Å². The number of amides is 2. The normalized spacial score (nSPS) is 14.6. The predicted octanol–water partition coefficient (Wildman–Crippen LogP) is 0.787. The Labute approximate surface area is 108 Å². The van der Waals surface area contributed by atoms with Gasteiger partial charge in [0.25, 0.3) is 5.91 Å². The van der Waals surface area contributed by atoms with Crippen LogP contribution in [0.4, 0.5) is 4.79 Å². The van der Waals surface area contributed by atoms with Gasteiger partial charge in [-0.3, -0.25) is 4.79 Å². The third-order valence-electron chi connectivity index (χ3n) is 2.20. The molecule has 0 radical (unpaired) electrons. The zero-order chi connectivity index (χ0) is 14.3. The van der Waals surface area contributed by atoms with Gasteiger partial charge in [0.15, 0.2) is 6.10 Å². The van der Waals surface area contributed by atoms with Crippen LogP contribution in [0.3, 0.4) is 0 Å². The molecule has 0 bridgehead atoms. The first-order valence-electron chi connectivity index (χ1n) is 6.10. The summed E-state index contributed by atoms with van der Waals surface area (Å²) in [7, 11) is 1.43. The Balaban J connectivity index is 4.53. The number of carbonyl (C=O) groups excluding carboxylic acids is 2. The van der Waals surface area contributed by atoms with Gasteiger partial charge in [0, 0.05) is 7.05 Å². The fourth-order valence-corrected chi connectivity index (χ4v) is 1.41. The Bertz CT molecular complexity index is 286. The molecular formula is C12H24N2O4. The minimum absolute atomic E-state index is 0.494. The number of likely N-dealkylation sites (N-methyl/N-ethyl adjacent to an activating group) is 1. The second kappa shape index (κ2) is 7.20. The summed E-state index contributed by atoms with van der Waals surface area (Å²) in [5.41, 5.74) is -0.612. The summed E-state index contributed by atoms with van der Waals surface area (Å²) in [6.45, 7) is 7.14. The molecule has 0 aliphatic heterocycles. The molecule has 6 heteroatoms. The van der Waals surface area contributed by atoms with Crippen molar-refractivity contribution < 1.29 is 19.4 Å². The van der Waals surface area contributed by atoms with Crippen molar-refractivity contribution in [2.45, 2.75) is 58.3 Å². The average Bonchev–Trinajstić information content (AvgIpc) is 2.23. The standard InChI is InChI=1S/C12H24N2O4/c1-6-7-8(9(15)10(16)13-5)14-11(17)18-12(2,3)4/h8-9,15H,6-7H2,1-5H3,(H,13,16)(H,14,17)/t8-,9?/m0/s1. The smallest absolute Gasteiger partial charge is 0.407 e. The fourth-order valence-electron chi connectivity index (χ4n) is 1.41. The van der Waals surface area contributed by atoms with E-state index < -0.39 is 29.7 Å². The summed E-state index contributed by atoms with van der Waals surface area (Å²) in [4.78, 5) is 22.9. The molecule has 0 fully saturated rings. The molecule has 0 saturated heterocycles. The maximum absolute atomic E-state index is 11.6. The largest absolute Gasteiger partial charge is 0.444 e. The van der Waals surface area contributed by atoms with Crippen LogP contribution >= 0.6 is 0 Å². The van der Waals surface area contributed by atoms with E-state index in [0.717, 1.165) is 6.42 Å². The molecule has 2 amide bonds. The monoisotopic (exact) mass is 260 g/mol. The highest BCUT2D eigenvalue weighted by Crippen LogP contribution is 2.09. The Morgan fingerprint density at radius 2 is 1.89 bits per heavy atom. The van der Waals surface area contributed by atoms with Crippen LogP contribution in [-0.2, 0) is 9.53 Å². The van der Waals surface area contributed by atoms with Crippen molar-refractivity contribution >= 4 is 12.0 Å². The van der Waals surface area contributed by atoms with Gasteiger partial charge in [-0.1, -0.05) is 13.3 Å². The highest BCUT2D eigenvalue weighted by Gasteiger charge is 2.28. The number of rotatable bonds is 5. The van der Waals surface area contributed by atoms with Gasteiger partial charge in [0.1, 0.15) is 5.60 Å². The molecule has 0 aliphatic rings. The van der Waals surface area contributed by atoms with Crippen molar-refractivity contribution in [2.24, 2.45) is 0 Å². The molecule has 0 aromatic heterocycles. The van der Waals surface area contributed by atoms with Gasteiger partial charge in [-0.25, -0.2) is 4.79 Å². The van der Waals surface area contributed by atoms with E-state index in [1.54, 1.807) is 20.8 Å². The summed E-state index contributed by atoms with van der Waals surface area (Å²) in [5.74, 6) is -0.524. The number of nitrogens with one attached hydrogen (secondary N) is 2. The summed E-state index contributed by atoms with van der Waals surface area (Å²) in [5, 5.41) is 14.6. The molecule has 0 aromatic carbocycles. The topological polar surface area (TPSA) is 87.7 Å². The molecule has 3 N–H and O–H groups in total. The third-order valence-corrected chi connectivity index (χ3v) is 2.20. The van der Waals surface area contributed by atoms with Crippen molar-refractivity contribution in [1.82, 2.24) is 10.6 Å². The van der Waals surface area contributed by atoms with Crippen LogP contribution < -0.4 is 10.6 Å². The molecule has 106 valence electrons. The number of hydrogen-bond acceptors (Lipinski definition) is 4. The molecule has 2 atom stereocenters. The Morgan fingerprint density at radius 1 is 1.33 bits per heavy atom. The maximum Gasteiger partial charge on any atom is 0.407 e. The van der Waals surface area contributed by atoms with E-state index in [0.29, 0.717) is 6.42 Å². The third kappa shape index (κ3) is 6.44. The van der Waals surface area contributed by atoms with Crippen LogP contribution in [0.15, 0.2) is 0 Å². The molecule has 0 saturated carbocycles. The first kappa shape index (κ1) is 16.7. The van der Waals surface area contributed by atoms with E-state index in [9.17, 15) is 14.7 Å². The Hall–Kier alpha value is -1.30. The number of aliphatic hydroxyl groups excluding tert-OH is 1. The molecule has 6 nitrogen and oxygen atoms in total. The molecule has 18 heavy (non-hydrogen) atoms. The minimum Gasteiger partial charge on any atom is -0.444 e. The van der Waals surface area contributed by atoms with Crippen molar-refractivity contribution in [3.05, 3.63) is 0 Å². The lowest BCUT2D eigenvalue weighted by atomic mass is 10.1. The van der Waals surface area contributed by atoms with Crippen LogP contribution in [0.25, 0.3) is 0 Å². The van der Waals surface area contributed by atoms with Gasteiger partial charge in [-0.15, -0.1) is 0 Å². The fraction of sp³-hybridized carbons (Fsp3) is 0.833. The van der Waals surface area contributed by atoms with Gasteiger partial charge in [0.05, 0.1) is 6.04 Å². The molecule has 0 heterocycles. The van der Waals surface area contributed by atoms with Crippen molar-refractivity contribution in [3.8, 4) is 0 Å². The molecule has 0 aromatic rings. The van der Waals surface area contributed by atoms with Gasteiger partial charge in [-0.2, -0.15) is 0 Å². The SMILES string of the molecule is CCC[C@H](NC(=O)OC(C)(C)C)C(O)C(=O)NC. The van der Waals surface area contributed by atoms with Crippen molar-refractivity contribution in [1.29, 1.82) is 0 Å². The molecule has 1 unspecified atom stereocenters. The van der Waals surface area contributed by atoms with E-state index in [-0.39, 0.29) is 0 Å². The highest BCUT2D eigenvalue weighted by atomic mass is 16.6. The zero-order valence-electron chi connectivity index (χ0n) is 11.7. The number of alkyl carbamates (subject to hydrolysis) is 1. The lowest BCUT2D eigenvalue weighted by Gasteiger charge is -2.25. The molecule has 0 aliphatic carbocycles. The van der Waals surface area contributed by atoms with Crippen LogP contribution in [0.2, 0.25) is 0 Å². The number of aliphatic hydroxyl groups is 1. The zero-order valence-corrected chi connectivity index (χ0v) is 11.7. The highest BCUT2D eigenvalue weighted by molar-refractivity contribution is 5.81. The van der Waals surface area contributed by atoms with Gasteiger partial charge >= 0.3 is 6.09 Å². The Kier molecular flexibility index (Phi) is 6.68. The first-order chi connectivity index (χ1) is 8.21. The summed E-state index contributed by atoms with van der Waals surface area (Å²) >= 11 is 0. The molecule has 0 spiro atoms. The van der Waals surface area contributed by atoms with Crippen LogP contribution in [0, 0.1) is 0 Å². The van der Waals surface area contributed by atoms with Gasteiger partial charge in [0.2, 0.25) is 0 Å². The summed E-state index contributed by atoms with van der Waals surface area (Å²) < 4.78 is 5.09. The van der Waals surface area contributed by atoms with Crippen LogP contribution in [-0.4, -0.2) is 41.9 Å². The second-order valence-electron chi connectivity index (χ2n) is 5.10. The van der Waals surface area contributed by atoms with E-state index in [1.807, 2.05) is 6.92 Å². The van der Waals surface area contributed by atoms with Gasteiger partial charge < -0.3 is 20.5 Å². The maximum atomic E-state index is 11.6. The van der Waals surface area contributed by atoms with E-state index >= 15 is 0 Å². The Morgan fingerprint density at radius 3 is 2.28 bits per heavy atom. The average molecular weight is 260 g/mol. The minimum atomic E-state index is -1.28. The second-order valence-corrected chi connectivity index (χ2v) is 5.10. The van der Waals surface area contributed by atoms with Crippen molar-refractivity contribution in [3.63, 3.8) is 0 Å².